The van der Waals surface area contributed by atoms with Crippen LogP contribution < -0.4 is 16.6 Å². The maximum atomic E-state index is 12.4. The lowest BCUT2D eigenvalue weighted by molar-refractivity contribution is 0.0963. The Morgan fingerprint density at radius 2 is 1.90 bits per heavy atom. The van der Waals surface area contributed by atoms with Crippen LogP contribution in [0.2, 0.25) is 0 Å². The second-order valence-electron chi connectivity index (χ2n) is 7.47. The number of hydrogen-bond donors (Lipinski definition) is 2. The molecule has 0 bridgehead atoms. The third-order valence-electron chi connectivity index (χ3n) is 5.15. The minimum atomic E-state index is -0.421. The molecule has 0 saturated carbocycles. The van der Waals surface area contributed by atoms with Gasteiger partial charge in [0.25, 0.3) is 11.5 Å². The lowest BCUT2D eigenvalue weighted by Crippen LogP contribution is -2.31. The lowest BCUT2D eigenvalue weighted by atomic mass is 10.1. The number of fused-ring (bicyclic) bond motifs is 1. The first kappa shape index (κ1) is 21.5. The van der Waals surface area contributed by atoms with Gasteiger partial charge < -0.3 is 9.88 Å². The van der Waals surface area contributed by atoms with E-state index in [1.54, 1.807) is 35.4 Å². The first-order valence-electron chi connectivity index (χ1n) is 10.0. The molecule has 0 atom stereocenters. The smallest absolute Gasteiger partial charge is 0.330 e. The van der Waals surface area contributed by atoms with Gasteiger partial charge in [-0.05, 0) is 31.2 Å². The summed E-state index contributed by atoms with van der Waals surface area (Å²) in [6, 6.07) is 7.43. The van der Waals surface area contributed by atoms with E-state index in [1.807, 2.05) is 26.1 Å². The fourth-order valence-electron chi connectivity index (χ4n) is 3.47. The molecule has 160 valence electrons. The van der Waals surface area contributed by atoms with Crippen molar-refractivity contribution in [3.63, 3.8) is 0 Å². The first-order chi connectivity index (χ1) is 14.3. The zero-order valence-corrected chi connectivity index (χ0v) is 17.9. The molecule has 2 N–H and O–H groups in total. The predicted molar refractivity (Wildman–Crippen MR) is 116 cm³/mol. The Kier molecular flexibility index (Phi) is 6.51. The van der Waals surface area contributed by atoms with E-state index in [4.69, 9.17) is 0 Å². The molecule has 0 aliphatic rings. The summed E-state index contributed by atoms with van der Waals surface area (Å²) in [4.78, 5) is 45.4. The summed E-state index contributed by atoms with van der Waals surface area (Å²) < 4.78 is 3.29. The van der Waals surface area contributed by atoms with E-state index in [-0.39, 0.29) is 5.91 Å². The van der Waals surface area contributed by atoms with E-state index in [9.17, 15) is 14.4 Å². The van der Waals surface area contributed by atoms with E-state index in [0.29, 0.717) is 42.2 Å². The summed E-state index contributed by atoms with van der Waals surface area (Å²) in [6.07, 6.45) is 1.77. The van der Waals surface area contributed by atoms with Crippen LogP contribution in [0.25, 0.3) is 11.2 Å². The molecule has 3 rings (SSSR count). The lowest BCUT2D eigenvalue weighted by Gasteiger charge is -2.16. The van der Waals surface area contributed by atoms with Crippen LogP contribution in [0.1, 0.15) is 41.5 Å². The van der Waals surface area contributed by atoms with Crippen LogP contribution in [-0.4, -0.2) is 44.0 Å². The van der Waals surface area contributed by atoms with Gasteiger partial charge in [-0.3, -0.25) is 24.0 Å². The SMILES string of the molecule is CCCCn1c(=O)[nH]c(=O)c2c1nc(CN(C)Cc1ccc(C(=O)NC)cc1)n2C. The van der Waals surface area contributed by atoms with Gasteiger partial charge in [-0.2, -0.15) is 0 Å². The Bertz CT molecular complexity index is 1160. The van der Waals surface area contributed by atoms with Gasteiger partial charge in [-0.25, -0.2) is 9.78 Å². The molecule has 2 aromatic heterocycles. The molecular weight excluding hydrogens is 384 g/mol. The van der Waals surface area contributed by atoms with Gasteiger partial charge >= 0.3 is 5.69 Å². The fraction of sp³-hybridized carbons (Fsp3) is 0.429. The highest BCUT2D eigenvalue weighted by Crippen LogP contribution is 2.14. The summed E-state index contributed by atoms with van der Waals surface area (Å²) in [7, 11) is 5.36. The normalized spacial score (nSPS) is 11.4. The number of carbonyl (C=O) groups excluding carboxylic acids is 1. The largest absolute Gasteiger partial charge is 0.355 e. The van der Waals surface area contributed by atoms with Crippen molar-refractivity contribution in [2.75, 3.05) is 14.1 Å². The monoisotopic (exact) mass is 412 g/mol. The number of nitrogens with one attached hydrogen (secondary N) is 2. The number of aromatic amines is 1. The maximum absolute atomic E-state index is 12.4. The van der Waals surface area contributed by atoms with Gasteiger partial charge in [-0.1, -0.05) is 25.5 Å². The van der Waals surface area contributed by atoms with Crippen molar-refractivity contribution in [1.29, 1.82) is 0 Å². The van der Waals surface area contributed by atoms with Gasteiger partial charge in [0.1, 0.15) is 5.82 Å². The molecule has 0 aliphatic heterocycles. The fourth-order valence-corrected chi connectivity index (χ4v) is 3.47. The molecule has 0 spiro atoms. The Hall–Kier alpha value is -3.20. The minimum Gasteiger partial charge on any atom is -0.355 e. The van der Waals surface area contributed by atoms with Crippen molar-refractivity contribution >= 4 is 17.1 Å². The van der Waals surface area contributed by atoms with E-state index in [2.05, 4.69) is 20.2 Å². The second-order valence-corrected chi connectivity index (χ2v) is 7.47. The van der Waals surface area contributed by atoms with E-state index >= 15 is 0 Å². The van der Waals surface area contributed by atoms with Crippen LogP contribution in [0.15, 0.2) is 33.9 Å². The number of unbranched alkanes of at least 4 members (excludes halogenated alkanes) is 1. The molecule has 0 unspecified atom stereocenters. The third kappa shape index (κ3) is 4.35. The molecule has 0 saturated heterocycles. The molecule has 1 aromatic carbocycles. The third-order valence-corrected chi connectivity index (χ3v) is 5.15. The Balaban J connectivity index is 1.84. The zero-order chi connectivity index (χ0) is 21.8. The summed E-state index contributed by atoms with van der Waals surface area (Å²) >= 11 is 0. The molecular formula is C21H28N6O3. The summed E-state index contributed by atoms with van der Waals surface area (Å²) in [5.74, 6) is 0.588. The number of carbonyl (C=O) groups is 1. The van der Waals surface area contributed by atoms with Gasteiger partial charge in [0.2, 0.25) is 0 Å². The molecule has 0 fully saturated rings. The van der Waals surface area contributed by atoms with E-state index in [1.165, 1.54) is 0 Å². The minimum absolute atomic E-state index is 0.117. The van der Waals surface area contributed by atoms with E-state index < -0.39 is 11.2 Å². The number of imidazole rings is 1. The Morgan fingerprint density at radius 1 is 1.20 bits per heavy atom. The van der Waals surface area contributed by atoms with Crippen LogP contribution in [-0.2, 0) is 26.7 Å². The first-order valence-corrected chi connectivity index (χ1v) is 10.0. The van der Waals surface area contributed by atoms with Crippen LogP contribution in [0, 0.1) is 0 Å². The van der Waals surface area contributed by atoms with Crippen molar-refractivity contribution in [3.8, 4) is 0 Å². The number of nitrogens with zero attached hydrogens (tertiary/aromatic N) is 4. The number of hydrogen-bond acceptors (Lipinski definition) is 5. The Labute approximate surface area is 174 Å². The number of aromatic nitrogens is 4. The second kappa shape index (κ2) is 9.08. The number of aryl methyl sites for hydroxylation is 2. The van der Waals surface area contributed by atoms with Crippen molar-refractivity contribution in [2.45, 2.75) is 39.4 Å². The van der Waals surface area contributed by atoms with Gasteiger partial charge in [0.05, 0.1) is 6.54 Å². The summed E-state index contributed by atoms with van der Waals surface area (Å²) in [5, 5.41) is 2.61. The highest BCUT2D eigenvalue weighted by molar-refractivity contribution is 5.93. The number of H-pyrrole nitrogens is 1. The van der Waals surface area contributed by atoms with Gasteiger partial charge in [-0.15, -0.1) is 0 Å². The van der Waals surface area contributed by atoms with Crippen LogP contribution in [0.4, 0.5) is 0 Å². The molecule has 2 heterocycles. The average Bonchev–Trinajstić information content (AvgIpc) is 3.04. The van der Waals surface area contributed by atoms with Crippen molar-refractivity contribution in [2.24, 2.45) is 7.05 Å². The standard InChI is InChI=1S/C21H28N6O3/c1-5-6-11-27-18-17(20(29)24-21(27)30)26(4)16(23-18)13-25(3)12-14-7-9-15(10-8-14)19(28)22-2/h7-10H,5-6,11-13H2,1-4H3,(H,22,28)(H,24,29,30). The maximum Gasteiger partial charge on any atom is 0.330 e. The van der Waals surface area contributed by atoms with Gasteiger partial charge in [0.15, 0.2) is 11.2 Å². The highest BCUT2D eigenvalue weighted by Gasteiger charge is 2.17. The summed E-state index contributed by atoms with van der Waals surface area (Å²) in [5.41, 5.74) is 1.67. The molecule has 3 aromatic rings. The number of rotatable bonds is 8. The topological polar surface area (TPSA) is 105 Å². The molecule has 1 amide bonds. The highest BCUT2D eigenvalue weighted by atomic mass is 16.2. The molecule has 30 heavy (non-hydrogen) atoms. The van der Waals surface area contributed by atoms with Crippen molar-refractivity contribution in [3.05, 3.63) is 62.1 Å². The Morgan fingerprint density at radius 3 is 2.53 bits per heavy atom. The number of amides is 1. The predicted octanol–water partition coefficient (Wildman–Crippen LogP) is 1.22. The van der Waals surface area contributed by atoms with E-state index in [0.717, 1.165) is 18.4 Å². The summed E-state index contributed by atoms with van der Waals surface area (Å²) in [6.45, 7) is 3.72. The average molecular weight is 412 g/mol. The molecule has 9 nitrogen and oxygen atoms in total. The van der Waals surface area contributed by atoms with Crippen LogP contribution in [0.3, 0.4) is 0 Å². The quantitative estimate of drug-likeness (QED) is 0.579. The zero-order valence-electron chi connectivity index (χ0n) is 17.9. The van der Waals surface area contributed by atoms with Crippen molar-refractivity contribution in [1.82, 2.24) is 29.3 Å². The van der Waals surface area contributed by atoms with Crippen LogP contribution >= 0.6 is 0 Å². The molecule has 0 aliphatic carbocycles. The van der Waals surface area contributed by atoms with Gasteiger partial charge in [0, 0.05) is 32.7 Å². The molecule has 0 radical (unpaired) electrons. The number of benzene rings is 1. The van der Waals surface area contributed by atoms with Crippen molar-refractivity contribution < 1.29 is 4.79 Å². The van der Waals surface area contributed by atoms with Crippen LogP contribution in [0.5, 0.6) is 0 Å². The molecule has 9 heteroatoms.